The van der Waals surface area contributed by atoms with Gasteiger partial charge in [0.05, 0.1) is 35.7 Å². The van der Waals surface area contributed by atoms with E-state index in [-0.39, 0.29) is 17.2 Å². The van der Waals surface area contributed by atoms with Crippen LogP contribution < -0.4 is 4.74 Å². The Kier molecular flexibility index (Phi) is 4.46. The summed E-state index contributed by atoms with van der Waals surface area (Å²) in [6, 6.07) is 8.65. The first-order chi connectivity index (χ1) is 14.6. The Morgan fingerprint density at radius 1 is 1.23 bits per heavy atom. The van der Waals surface area contributed by atoms with E-state index in [1.54, 1.807) is 30.7 Å². The van der Waals surface area contributed by atoms with Crippen LogP contribution in [-0.4, -0.2) is 31.5 Å². The van der Waals surface area contributed by atoms with Crippen molar-refractivity contribution in [1.29, 1.82) is 0 Å². The lowest BCUT2D eigenvalue weighted by atomic mass is 9.93. The number of fused-ring (bicyclic) bond motifs is 1. The van der Waals surface area contributed by atoms with E-state index in [0.717, 1.165) is 46.8 Å². The minimum atomic E-state index is -0.362. The van der Waals surface area contributed by atoms with Crippen LogP contribution >= 0.6 is 0 Å². The van der Waals surface area contributed by atoms with Crippen LogP contribution in [0.3, 0.4) is 0 Å². The fourth-order valence-corrected chi connectivity index (χ4v) is 4.15. The zero-order valence-electron chi connectivity index (χ0n) is 16.9. The van der Waals surface area contributed by atoms with Gasteiger partial charge >= 0.3 is 0 Å². The van der Waals surface area contributed by atoms with E-state index in [0.29, 0.717) is 12.4 Å². The number of aromatic nitrogens is 5. The van der Waals surface area contributed by atoms with E-state index in [1.807, 2.05) is 26.0 Å². The number of H-pyrrole nitrogens is 1. The zero-order chi connectivity index (χ0) is 20.7. The molecule has 5 rings (SSSR count). The first-order valence-corrected chi connectivity index (χ1v) is 10.1. The molecule has 7 heteroatoms. The van der Waals surface area contributed by atoms with Gasteiger partial charge in [-0.05, 0) is 43.5 Å². The maximum atomic E-state index is 14.1. The minimum Gasteiger partial charge on any atom is -0.489 e. The maximum absolute atomic E-state index is 14.1. The first-order valence-electron chi connectivity index (χ1n) is 10.1. The highest BCUT2D eigenvalue weighted by Gasteiger charge is 2.58. The lowest BCUT2D eigenvalue weighted by Crippen LogP contribution is -2.21. The van der Waals surface area contributed by atoms with Crippen molar-refractivity contribution in [1.82, 2.24) is 24.9 Å². The predicted octanol–water partition coefficient (Wildman–Crippen LogP) is 4.26. The lowest BCUT2D eigenvalue weighted by molar-refractivity contribution is 0.268. The second-order valence-electron chi connectivity index (χ2n) is 7.81. The fraction of sp³-hybridized carbons (Fsp3) is 0.304. The molecule has 1 fully saturated rings. The Morgan fingerprint density at radius 2 is 2.13 bits per heavy atom. The van der Waals surface area contributed by atoms with E-state index in [1.165, 1.54) is 6.07 Å². The molecule has 3 heterocycles. The van der Waals surface area contributed by atoms with Crippen LogP contribution in [0.4, 0.5) is 4.39 Å². The number of rotatable bonds is 6. The van der Waals surface area contributed by atoms with Gasteiger partial charge in [0.25, 0.3) is 0 Å². The molecular weight excluding hydrogens is 381 g/mol. The minimum absolute atomic E-state index is 0.100. The van der Waals surface area contributed by atoms with Crippen LogP contribution in [0.5, 0.6) is 5.75 Å². The van der Waals surface area contributed by atoms with Crippen LogP contribution in [0, 0.1) is 12.7 Å². The second kappa shape index (κ2) is 7.16. The standard InChI is InChI=1S/C23H22FN5O/c1-3-18-21(12-26-14(2)27-18)30-13-23(15-5-4-6-16(24)9-15)10-17(23)22-28-19-7-8-25-11-20(19)29-22/h4-9,11-12,17H,3,10,13H2,1-2H3,(H,28,29)/t17-,23+/m0/s1. The fourth-order valence-electron chi connectivity index (χ4n) is 4.15. The number of halogens is 1. The Balaban J connectivity index is 1.49. The summed E-state index contributed by atoms with van der Waals surface area (Å²) in [5.41, 5.74) is 3.20. The molecule has 1 saturated carbocycles. The van der Waals surface area contributed by atoms with Gasteiger partial charge in [0.15, 0.2) is 5.75 Å². The normalized spacial score (nSPS) is 20.4. The molecule has 2 atom stereocenters. The van der Waals surface area contributed by atoms with Crippen molar-refractivity contribution >= 4 is 11.0 Å². The van der Waals surface area contributed by atoms with Crippen molar-refractivity contribution in [3.8, 4) is 5.75 Å². The van der Waals surface area contributed by atoms with Crippen molar-refractivity contribution in [2.24, 2.45) is 0 Å². The van der Waals surface area contributed by atoms with Crippen LogP contribution in [0.2, 0.25) is 0 Å². The Bertz CT molecular complexity index is 1190. The third-order valence-electron chi connectivity index (χ3n) is 5.88. The number of imidazole rings is 1. The third-order valence-corrected chi connectivity index (χ3v) is 5.88. The van der Waals surface area contributed by atoms with Crippen molar-refractivity contribution in [2.75, 3.05) is 6.61 Å². The van der Waals surface area contributed by atoms with Crippen molar-refractivity contribution < 1.29 is 9.13 Å². The molecule has 4 aromatic rings. The van der Waals surface area contributed by atoms with Gasteiger partial charge in [-0.25, -0.2) is 19.3 Å². The number of pyridine rings is 1. The van der Waals surface area contributed by atoms with Gasteiger partial charge in [-0.2, -0.15) is 0 Å². The van der Waals surface area contributed by atoms with Crippen LogP contribution in [0.25, 0.3) is 11.0 Å². The number of nitrogens with zero attached hydrogens (tertiary/aromatic N) is 4. The van der Waals surface area contributed by atoms with Crippen molar-refractivity contribution in [3.63, 3.8) is 0 Å². The lowest BCUT2D eigenvalue weighted by Gasteiger charge is -2.19. The quantitative estimate of drug-likeness (QED) is 0.520. The van der Waals surface area contributed by atoms with Gasteiger partial charge in [-0.15, -0.1) is 0 Å². The zero-order valence-corrected chi connectivity index (χ0v) is 16.9. The average Bonchev–Trinajstić information content (AvgIpc) is 3.34. The molecular formula is C23H22FN5O. The second-order valence-corrected chi connectivity index (χ2v) is 7.81. The molecule has 1 aromatic carbocycles. The molecule has 0 spiro atoms. The summed E-state index contributed by atoms with van der Waals surface area (Å²) in [6.45, 7) is 4.31. The van der Waals surface area contributed by atoms with E-state index in [9.17, 15) is 4.39 Å². The van der Waals surface area contributed by atoms with Crippen LogP contribution in [-0.2, 0) is 11.8 Å². The van der Waals surface area contributed by atoms with Gasteiger partial charge in [0.2, 0.25) is 0 Å². The number of hydrogen-bond acceptors (Lipinski definition) is 5. The average molecular weight is 403 g/mol. The van der Waals surface area contributed by atoms with Crippen molar-refractivity contribution in [3.05, 3.63) is 77.6 Å². The molecule has 0 aliphatic heterocycles. The van der Waals surface area contributed by atoms with Gasteiger partial charge in [-0.1, -0.05) is 19.1 Å². The molecule has 1 N–H and O–H groups in total. The Morgan fingerprint density at radius 3 is 2.93 bits per heavy atom. The molecule has 0 unspecified atom stereocenters. The van der Waals surface area contributed by atoms with Crippen LogP contribution in [0.15, 0.2) is 48.9 Å². The van der Waals surface area contributed by atoms with E-state index < -0.39 is 0 Å². The monoisotopic (exact) mass is 403 g/mol. The molecule has 0 radical (unpaired) electrons. The molecule has 6 nitrogen and oxygen atoms in total. The number of nitrogens with one attached hydrogen (secondary N) is 1. The summed E-state index contributed by atoms with van der Waals surface area (Å²) in [7, 11) is 0. The van der Waals surface area contributed by atoms with Crippen LogP contribution in [0.1, 0.15) is 42.2 Å². The summed E-state index contributed by atoms with van der Waals surface area (Å²) in [4.78, 5) is 21.0. The number of aromatic amines is 1. The largest absolute Gasteiger partial charge is 0.489 e. The molecule has 0 amide bonds. The molecule has 1 aliphatic carbocycles. The van der Waals surface area contributed by atoms with E-state index in [4.69, 9.17) is 9.72 Å². The number of hydrogen-bond donors (Lipinski definition) is 1. The third kappa shape index (κ3) is 3.20. The molecule has 152 valence electrons. The number of benzene rings is 1. The summed E-state index contributed by atoms with van der Waals surface area (Å²) >= 11 is 0. The molecule has 0 saturated heterocycles. The first kappa shape index (κ1) is 18.7. The Labute approximate surface area is 173 Å². The molecule has 30 heavy (non-hydrogen) atoms. The highest BCUT2D eigenvalue weighted by atomic mass is 19.1. The number of aryl methyl sites for hydroxylation is 2. The molecule has 3 aromatic heterocycles. The molecule has 0 bridgehead atoms. The summed E-state index contributed by atoms with van der Waals surface area (Å²) in [5, 5.41) is 0. The van der Waals surface area contributed by atoms with Gasteiger partial charge in [0.1, 0.15) is 17.5 Å². The summed E-state index contributed by atoms with van der Waals surface area (Å²) < 4.78 is 20.3. The Hall–Kier alpha value is -3.35. The van der Waals surface area contributed by atoms with Gasteiger partial charge in [-0.3, -0.25) is 4.98 Å². The summed E-state index contributed by atoms with van der Waals surface area (Å²) in [6.07, 6.45) is 6.80. The van der Waals surface area contributed by atoms with Gasteiger partial charge < -0.3 is 9.72 Å². The number of ether oxygens (including phenoxy) is 1. The van der Waals surface area contributed by atoms with Gasteiger partial charge in [0, 0.05) is 17.5 Å². The topological polar surface area (TPSA) is 76.6 Å². The predicted molar refractivity (Wildman–Crippen MR) is 111 cm³/mol. The van der Waals surface area contributed by atoms with Crippen molar-refractivity contribution in [2.45, 2.75) is 38.0 Å². The van der Waals surface area contributed by atoms with E-state index >= 15 is 0 Å². The highest BCUT2D eigenvalue weighted by Crippen LogP contribution is 2.60. The summed E-state index contributed by atoms with van der Waals surface area (Å²) in [5.74, 6) is 2.13. The SMILES string of the molecule is CCc1nc(C)ncc1OC[C@@]1(c2cccc(F)c2)C[C@H]1c1nc2ccncc2[nH]1. The smallest absolute Gasteiger partial charge is 0.159 e. The highest BCUT2D eigenvalue weighted by molar-refractivity contribution is 5.74. The van der Waals surface area contributed by atoms with E-state index in [2.05, 4.69) is 19.9 Å². The molecule has 1 aliphatic rings. The maximum Gasteiger partial charge on any atom is 0.159 e.